The molecular formula is C13H22N4O2. The van der Waals surface area contributed by atoms with Crippen molar-refractivity contribution in [2.24, 2.45) is 11.7 Å². The maximum Gasteiger partial charge on any atom is 0.230 e. The standard InChI is InChI=1S/C13H22N4O2/c1-8(2)13-16-15-11(19-13)7-17-6-10(12(14)18)5-4-9(17)3/h8-10H,4-7H2,1-3H3,(H2,14,18). The van der Waals surface area contributed by atoms with Crippen LogP contribution in [0.2, 0.25) is 0 Å². The Bertz CT molecular complexity index is 444. The van der Waals surface area contributed by atoms with E-state index in [2.05, 4.69) is 22.0 Å². The van der Waals surface area contributed by atoms with Crippen molar-refractivity contribution in [3.8, 4) is 0 Å². The number of hydrogen-bond donors (Lipinski definition) is 1. The lowest BCUT2D eigenvalue weighted by Crippen LogP contribution is -2.45. The predicted octanol–water partition coefficient (Wildman–Crippen LogP) is 1.28. The van der Waals surface area contributed by atoms with E-state index < -0.39 is 0 Å². The Kier molecular flexibility index (Phi) is 4.19. The van der Waals surface area contributed by atoms with E-state index in [-0.39, 0.29) is 17.7 Å². The Hall–Kier alpha value is -1.43. The van der Waals surface area contributed by atoms with E-state index in [9.17, 15) is 4.79 Å². The molecule has 2 rings (SSSR count). The third-order valence-corrected chi connectivity index (χ3v) is 3.73. The van der Waals surface area contributed by atoms with E-state index in [1.165, 1.54) is 0 Å². The quantitative estimate of drug-likeness (QED) is 0.887. The number of rotatable bonds is 4. The molecule has 1 saturated heterocycles. The molecule has 6 nitrogen and oxygen atoms in total. The summed E-state index contributed by atoms with van der Waals surface area (Å²) in [5.41, 5.74) is 5.40. The number of likely N-dealkylation sites (tertiary alicyclic amines) is 1. The predicted molar refractivity (Wildman–Crippen MR) is 70.2 cm³/mol. The Labute approximate surface area is 113 Å². The number of primary amides is 1. The summed E-state index contributed by atoms with van der Waals surface area (Å²) >= 11 is 0. The molecule has 0 aliphatic carbocycles. The highest BCUT2D eigenvalue weighted by Gasteiger charge is 2.29. The van der Waals surface area contributed by atoms with Crippen LogP contribution in [0.5, 0.6) is 0 Å². The van der Waals surface area contributed by atoms with Crippen LogP contribution < -0.4 is 5.73 Å². The summed E-state index contributed by atoms with van der Waals surface area (Å²) in [4.78, 5) is 13.5. The van der Waals surface area contributed by atoms with E-state index in [0.29, 0.717) is 30.9 Å². The minimum atomic E-state index is -0.217. The molecule has 1 aromatic rings. The maximum atomic E-state index is 11.3. The first-order valence-electron chi connectivity index (χ1n) is 6.83. The summed E-state index contributed by atoms with van der Waals surface area (Å²) in [5.74, 6) is 1.22. The van der Waals surface area contributed by atoms with Crippen molar-refractivity contribution in [1.82, 2.24) is 15.1 Å². The molecule has 0 saturated carbocycles. The van der Waals surface area contributed by atoms with Gasteiger partial charge in [0.2, 0.25) is 17.7 Å². The summed E-state index contributed by atoms with van der Waals surface area (Å²) < 4.78 is 5.61. The van der Waals surface area contributed by atoms with Crippen molar-refractivity contribution in [3.05, 3.63) is 11.8 Å². The smallest absolute Gasteiger partial charge is 0.230 e. The van der Waals surface area contributed by atoms with Gasteiger partial charge in [0, 0.05) is 18.5 Å². The van der Waals surface area contributed by atoms with Crippen molar-refractivity contribution in [1.29, 1.82) is 0 Å². The van der Waals surface area contributed by atoms with Gasteiger partial charge in [0.05, 0.1) is 12.5 Å². The summed E-state index contributed by atoms with van der Waals surface area (Å²) in [6.07, 6.45) is 1.84. The highest BCUT2D eigenvalue weighted by atomic mass is 16.4. The number of nitrogens with two attached hydrogens (primary N) is 1. The number of aromatic nitrogens is 2. The molecule has 2 N–H and O–H groups in total. The van der Waals surface area contributed by atoms with E-state index in [1.54, 1.807) is 0 Å². The molecule has 6 heteroatoms. The molecule has 1 aromatic heterocycles. The van der Waals surface area contributed by atoms with Crippen LogP contribution in [-0.2, 0) is 11.3 Å². The van der Waals surface area contributed by atoms with Crippen LogP contribution in [0.4, 0.5) is 0 Å². The second kappa shape index (κ2) is 5.69. The topological polar surface area (TPSA) is 85.3 Å². The third kappa shape index (κ3) is 3.32. The fourth-order valence-corrected chi connectivity index (χ4v) is 2.37. The second-order valence-electron chi connectivity index (χ2n) is 5.64. The van der Waals surface area contributed by atoms with Gasteiger partial charge in [0.1, 0.15) is 0 Å². The van der Waals surface area contributed by atoms with E-state index in [1.807, 2.05) is 13.8 Å². The maximum absolute atomic E-state index is 11.3. The lowest BCUT2D eigenvalue weighted by Gasteiger charge is -2.35. The van der Waals surface area contributed by atoms with Crippen LogP contribution in [0, 0.1) is 5.92 Å². The summed E-state index contributed by atoms with van der Waals surface area (Å²) in [5, 5.41) is 8.09. The average Bonchev–Trinajstić information content (AvgIpc) is 2.80. The van der Waals surface area contributed by atoms with Crippen LogP contribution in [-0.4, -0.2) is 33.6 Å². The Morgan fingerprint density at radius 2 is 2.21 bits per heavy atom. The number of piperidine rings is 1. The minimum absolute atomic E-state index is 0.0660. The first-order chi connectivity index (χ1) is 8.97. The van der Waals surface area contributed by atoms with Crippen LogP contribution >= 0.6 is 0 Å². The molecule has 2 heterocycles. The highest BCUT2D eigenvalue weighted by Crippen LogP contribution is 2.23. The summed E-state index contributed by atoms with van der Waals surface area (Å²) in [7, 11) is 0. The van der Waals surface area contributed by atoms with Gasteiger partial charge in [-0.2, -0.15) is 0 Å². The monoisotopic (exact) mass is 266 g/mol. The molecule has 19 heavy (non-hydrogen) atoms. The molecule has 0 radical (unpaired) electrons. The van der Waals surface area contributed by atoms with E-state index >= 15 is 0 Å². The van der Waals surface area contributed by atoms with Gasteiger partial charge in [-0.25, -0.2) is 0 Å². The average molecular weight is 266 g/mol. The molecule has 0 spiro atoms. The second-order valence-corrected chi connectivity index (χ2v) is 5.64. The molecular weight excluding hydrogens is 244 g/mol. The zero-order chi connectivity index (χ0) is 14.0. The lowest BCUT2D eigenvalue weighted by atomic mass is 9.93. The minimum Gasteiger partial charge on any atom is -0.424 e. The van der Waals surface area contributed by atoms with Crippen LogP contribution in [0.1, 0.15) is 51.3 Å². The highest BCUT2D eigenvalue weighted by molar-refractivity contribution is 5.76. The zero-order valence-corrected chi connectivity index (χ0v) is 11.8. The molecule has 0 bridgehead atoms. The van der Waals surface area contributed by atoms with Gasteiger partial charge < -0.3 is 10.2 Å². The largest absolute Gasteiger partial charge is 0.424 e. The molecule has 1 amide bonds. The van der Waals surface area contributed by atoms with Gasteiger partial charge in [0.15, 0.2) is 0 Å². The van der Waals surface area contributed by atoms with Gasteiger partial charge >= 0.3 is 0 Å². The van der Waals surface area contributed by atoms with E-state index in [0.717, 1.165) is 12.8 Å². The van der Waals surface area contributed by atoms with Gasteiger partial charge in [-0.3, -0.25) is 9.69 Å². The zero-order valence-electron chi connectivity index (χ0n) is 11.8. The number of amides is 1. The number of nitrogens with zero attached hydrogens (tertiary/aromatic N) is 3. The molecule has 2 atom stereocenters. The summed E-state index contributed by atoms with van der Waals surface area (Å²) in [6.45, 7) is 7.45. The van der Waals surface area contributed by atoms with Crippen molar-refractivity contribution in [3.63, 3.8) is 0 Å². The van der Waals surface area contributed by atoms with E-state index in [4.69, 9.17) is 10.2 Å². The lowest BCUT2D eigenvalue weighted by molar-refractivity contribution is -0.124. The van der Waals surface area contributed by atoms with Crippen LogP contribution in [0.25, 0.3) is 0 Å². The first-order valence-corrected chi connectivity index (χ1v) is 6.83. The molecule has 106 valence electrons. The van der Waals surface area contributed by atoms with Crippen LogP contribution in [0.3, 0.4) is 0 Å². The Balaban J connectivity index is 2.01. The molecule has 1 aliphatic heterocycles. The first kappa shape index (κ1) is 14.0. The molecule has 0 aromatic carbocycles. The normalized spacial score (nSPS) is 24.8. The van der Waals surface area contributed by atoms with Crippen LogP contribution in [0.15, 0.2) is 4.42 Å². The third-order valence-electron chi connectivity index (χ3n) is 3.73. The Morgan fingerprint density at radius 1 is 1.47 bits per heavy atom. The van der Waals surface area contributed by atoms with Gasteiger partial charge in [-0.15, -0.1) is 10.2 Å². The van der Waals surface area contributed by atoms with Gasteiger partial charge in [-0.1, -0.05) is 13.8 Å². The molecule has 2 unspecified atom stereocenters. The number of carbonyl (C=O) groups is 1. The SMILES string of the molecule is CC(C)c1nnc(CN2CC(C(N)=O)CCC2C)o1. The van der Waals surface area contributed by atoms with Crippen molar-refractivity contribution in [2.75, 3.05) is 6.54 Å². The Morgan fingerprint density at radius 3 is 2.79 bits per heavy atom. The number of hydrogen-bond acceptors (Lipinski definition) is 5. The fraction of sp³-hybridized carbons (Fsp3) is 0.769. The fourth-order valence-electron chi connectivity index (χ4n) is 2.37. The van der Waals surface area contributed by atoms with Crippen molar-refractivity contribution < 1.29 is 9.21 Å². The summed E-state index contributed by atoms with van der Waals surface area (Å²) in [6, 6.07) is 0.407. The van der Waals surface area contributed by atoms with Gasteiger partial charge in [0.25, 0.3) is 0 Å². The molecule has 1 aliphatic rings. The van der Waals surface area contributed by atoms with Gasteiger partial charge in [-0.05, 0) is 19.8 Å². The van der Waals surface area contributed by atoms with Crippen molar-refractivity contribution in [2.45, 2.75) is 52.1 Å². The number of carbonyl (C=O) groups excluding carboxylic acids is 1. The molecule has 1 fully saturated rings. The van der Waals surface area contributed by atoms with Crippen molar-refractivity contribution >= 4 is 5.91 Å².